The van der Waals surface area contributed by atoms with Crippen molar-refractivity contribution in [3.05, 3.63) is 11.8 Å². The number of aliphatic hydroxyl groups excluding tert-OH is 3. The number of hydrogen-bond donors (Lipinski definition) is 13. The van der Waals surface area contributed by atoms with Gasteiger partial charge in [0, 0.05) is 36.5 Å². The molecule has 0 amide bonds. The van der Waals surface area contributed by atoms with Crippen molar-refractivity contribution in [1.29, 1.82) is 0 Å². The Morgan fingerprint density at radius 3 is 2.50 bits per heavy atom. The van der Waals surface area contributed by atoms with Crippen LogP contribution >= 0.6 is 0 Å². The van der Waals surface area contributed by atoms with Crippen molar-refractivity contribution >= 4 is 5.96 Å². The average Bonchev–Trinajstić information content (AvgIpc) is 3.63. The van der Waals surface area contributed by atoms with Gasteiger partial charge in [0.1, 0.15) is 41.5 Å². The summed E-state index contributed by atoms with van der Waals surface area (Å²) in [7, 11) is 1.60. The quantitative estimate of drug-likeness (QED) is 0.0529. The Morgan fingerprint density at radius 1 is 1.15 bits per heavy atom. The molecule has 17 nitrogen and oxygen atoms in total. The van der Waals surface area contributed by atoms with Crippen molar-refractivity contribution in [2.24, 2.45) is 45.5 Å². The first-order valence-corrected chi connectivity index (χ1v) is 16.3. The van der Waals surface area contributed by atoms with Crippen LogP contribution in [-0.2, 0) is 14.2 Å². The SMILES string of the molecule is CNC1C(O)C(OC2C(NC(O)C3(O)CC3N=C(N)N)CC(N)C(C3OC(CN)=CCC3NCC3CC(N)C3)C2O)OCC1(C)O. The van der Waals surface area contributed by atoms with Crippen LogP contribution in [0.25, 0.3) is 0 Å². The Labute approximate surface area is 269 Å². The average molecular weight is 658 g/mol. The smallest absolute Gasteiger partial charge is 0.186 e. The molecule has 0 bridgehead atoms. The van der Waals surface area contributed by atoms with Crippen LogP contribution in [0.15, 0.2) is 16.8 Å². The molecule has 3 aliphatic carbocycles. The van der Waals surface area contributed by atoms with Gasteiger partial charge in [-0.15, -0.1) is 0 Å². The van der Waals surface area contributed by atoms with E-state index in [1.807, 2.05) is 6.08 Å². The third-order valence-corrected chi connectivity index (χ3v) is 10.5. The summed E-state index contributed by atoms with van der Waals surface area (Å²) in [6, 6.07) is -2.96. The lowest BCUT2D eigenvalue weighted by Crippen LogP contribution is -2.70. The second kappa shape index (κ2) is 14.0. The third-order valence-electron chi connectivity index (χ3n) is 10.5. The van der Waals surface area contributed by atoms with E-state index < -0.39 is 78.2 Å². The minimum absolute atomic E-state index is 0.112. The molecular formula is C29H55N9O8. The van der Waals surface area contributed by atoms with Crippen molar-refractivity contribution in [1.82, 2.24) is 16.0 Å². The molecule has 4 fully saturated rings. The summed E-state index contributed by atoms with van der Waals surface area (Å²) >= 11 is 0. The van der Waals surface area contributed by atoms with E-state index in [0.29, 0.717) is 18.1 Å². The van der Waals surface area contributed by atoms with E-state index >= 15 is 0 Å². The number of hydrogen-bond acceptors (Lipinski definition) is 15. The molecule has 3 saturated carbocycles. The van der Waals surface area contributed by atoms with Gasteiger partial charge in [-0.1, -0.05) is 0 Å². The molecule has 0 spiro atoms. The summed E-state index contributed by atoms with van der Waals surface area (Å²) in [5.74, 6) is 0.157. The van der Waals surface area contributed by atoms with E-state index in [1.54, 1.807) is 7.05 Å². The maximum atomic E-state index is 12.1. The molecular weight excluding hydrogens is 602 g/mol. The van der Waals surface area contributed by atoms with Gasteiger partial charge in [-0.2, -0.15) is 0 Å². The van der Waals surface area contributed by atoms with Gasteiger partial charge in [0.15, 0.2) is 12.2 Å². The molecule has 14 unspecified atom stereocenters. The normalized spacial score (nSPS) is 48.0. The maximum absolute atomic E-state index is 12.1. The second-order valence-corrected chi connectivity index (χ2v) is 14.1. The zero-order valence-corrected chi connectivity index (χ0v) is 26.6. The first-order valence-electron chi connectivity index (χ1n) is 16.3. The number of guanidine groups is 1. The van der Waals surface area contributed by atoms with Crippen molar-refractivity contribution in [3.63, 3.8) is 0 Å². The van der Waals surface area contributed by atoms with Crippen LogP contribution < -0.4 is 44.6 Å². The molecule has 0 aromatic heterocycles. The molecule has 5 rings (SSSR count). The van der Waals surface area contributed by atoms with Crippen LogP contribution in [0.2, 0.25) is 0 Å². The van der Waals surface area contributed by atoms with Crippen LogP contribution in [0.5, 0.6) is 0 Å². The highest BCUT2D eigenvalue weighted by molar-refractivity contribution is 5.76. The van der Waals surface area contributed by atoms with Gasteiger partial charge in [0.05, 0.1) is 31.3 Å². The van der Waals surface area contributed by atoms with Gasteiger partial charge in [-0.05, 0) is 58.2 Å². The number of aliphatic hydroxyl groups is 5. The molecule has 2 aliphatic heterocycles. The third kappa shape index (κ3) is 7.31. The van der Waals surface area contributed by atoms with E-state index in [2.05, 4.69) is 20.9 Å². The maximum Gasteiger partial charge on any atom is 0.186 e. The number of likely N-dealkylation sites (N-methyl/N-ethyl adjacent to an activating group) is 1. The van der Waals surface area contributed by atoms with Gasteiger partial charge in [-0.25, -0.2) is 4.99 Å². The van der Waals surface area contributed by atoms with Crippen molar-refractivity contribution in [2.75, 3.05) is 26.7 Å². The van der Waals surface area contributed by atoms with Gasteiger partial charge >= 0.3 is 0 Å². The molecule has 14 atom stereocenters. The Kier molecular flexibility index (Phi) is 10.9. The van der Waals surface area contributed by atoms with Crippen LogP contribution in [0, 0.1) is 11.8 Å². The zero-order valence-electron chi connectivity index (χ0n) is 26.6. The molecule has 0 aromatic carbocycles. The van der Waals surface area contributed by atoms with Crippen LogP contribution in [0.1, 0.15) is 39.0 Å². The Hall–Kier alpha value is -1.71. The summed E-state index contributed by atoms with van der Waals surface area (Å²) in [5, 5.41) is 65.6. The van der Waals surface area contributed by atoms with E-state index in [1.165, 1.54) is 6.92 Å². The molecule has 2 heterocycles. The Balaban J connectivity index is 1.39. The lowest BCUT2D eigenvalue weighted by molar-refractivity contribution is -0.299. The fourth-order valence-corrected chi connectivity index (χ4v) is 7.67. The Bertz CT molecular complexity index is 1110. The summed E-state index contributed by atoms with van der Waals surface area (Å²) in [5.41, 5.74) is 26.7. The molecule has 18 N–H and O–H groups in total. The van der Waals surface area contributed by atoms with Crippen LogP contribution in [0.3, 0.4) is 0 Å². The van der Waals surface area contributed by atoms with Crippen LogP contribution in [0.4, 0.5) is 0 Å². The topological polar surface area (TPSA) is 307 Å². The number of rotatable bonds is 12. The molecule has 5 aliphatic rings. The van der Waals surface area contributed by atoms with Gasteiger partial charge < -0.3 is 79.0 Å². The Morgan fingerprint density at radius 2 is 1.87 bits per heavy atom. The predicted octanol–water partition coefficient (Wildman–Crippen LogP) is -5.48. The van der Waals surface area contributed by atoms with E-state index in [4.69, 9.17) is 42.9 Å². The largest absolute Gasteiger partial charge is 0.492 e. The summed E-state index contributed by atoms with van der Waals surface area (Å²) in [6.45, 7) is 2.30. The second-order valence-electron chi connectivity index (χ2n) is 14.1. The highest BCUT2D eigenvalue weighted by Gasteiger charge is 2.61. The fourth-order valence-electron chi connectivity index (χ4n) is 7.67. The monoisotopic (exact) mass is 657 g/mol. The first-order chi connectivity index (χ1) is 21.7. The van der Waals surface area contributed by atoms with Crippen molar-refractivity contribution in [3.8, 4) is 0 Å². The zero-order chi connectivity index (χ0) is 33.6. The van der Waals surface area contributed by atoms with E-state index in [-0.39, 0.29) is 44.0 Å². The number of nitrogens with two attached hydrogens (primary N) is 5. The van der Waals surface area contributed by atoms with Crippen molar-refractivity contribution < 1.29 is 39.7 Å². The van der Waals surface area contributed by atoms with Gasteiger partial charge in [0.25, 0.3) is 0 Å². The molecule has 17 heteroatoms. The summed E-state index contributed by atoms with van der Waals surface area (Å²) in [4.78, 5) is 3.97. The molecule has 0 aromatic rings. The molecule has 1 saturated heterocycles. The number of nitrogens with zero attached hydrogens (tertiary/aromatic N) is 1. The minimum Gasteiger partial charge on any atom is -0.492 e. The number of aliphatic imine (C=N–C) groups is 1. The predicted molar refractivity (Wildman–Crippen MR) is 167 cm³/mol. The van der Waals surface area contributed by atoms with Crippen LogP contribution in [-0.4, -0.2) is 143 Å². The van der Waals surface area contributed by atoms with Gasteiger partial charge in [-0.3, -0.25) is 5.32 Å². The number of ether oxygens (including phenoxy) is 3. The lowest BCUT2D eigenvalue weighted by atomic mass is 9.72. The highest BCUT2D eigenvalue weighted by atomic mass is 16.7. The lowest BCUT2D eigenvalue weighted by Gasteiger charge is -2.51. The number of nitrogens with one attached hydrogen (secondary N) is 3. The molecule has 46 heavy (non-hydrogen) atoms. The standard InChI is InChI=1S/C29H55N9O8/c1-28(42)11-44-25(21(40)24(28)35-2)46-23-17(37-26(41)29(43)8-18(29)38-27(33)34)7-15(32)19(20(23)39)22-16(4-3-14(9-30)45-22)36-10-12-5-13(31)6-12/h3,12-13,15-26,35-37,39-43H,4-11,30-32H2,1-2H3,(H4,33,34,38). The van der Waals surface area contributed by atoms with Gasteiger partial charge in [0.2, 0.25) is 0 Å². The minimum atomic E-state index is -1.65. The summed E-state index contributed by atoms with van der Waals surface area (Å²) < 4.78 is 18.5. The van der Waals surface area contributed by atoms with E-state index in [9.17, 15) is 25.5 Å². The molecule has 0 radical (unpaired) electrons. The summed E-state index contributed by atoms with van der Waals surface area (Å²) in [6.07, 6.45) is -2.32. The van der Waals surface area contributed by atoms with E-state index in [0.717, 1.165) is 19.4 Å². The highest BCUT2D eigenvalue weighted by Crippen LogP contribution is 2.43. The molecule has 264 valence electrons. The fraction of sp³-hybridized carbons (Fsp3) is 0.897. The van der Waals surface area contributed by atoms with Crippen molar-refractivity contribution in [2.45, 2.75) is 123 Å². The first kappa shape index (κ1) is 35.6.